The number of ether oxygens (including phenoxy) is 1. The Morgan fingerprint density at radius 1 is 0.972 bits per heavy atom. The molecule has 11 heteroatoms. The van der Waals surface area contributed by atoms with E-state index >= 15 is 0 Å². The summed E-state index contributed by atoms with van der Waals surface area (Å²) in [4.78, 5) is 11.5. The second-order valence-electron chi connectivity index (χ2n) is 8.62. The topological polar surface area (TPSA) is 75.6 Å². The van der Waals surface area contributed by atoms with Crippen LogP contribution in [-0.4, -0.2) is 62.2 Å². The Bertz CT molecular complexity index is 1310. The molecule has 0 atom stereocenters. The Balaban J connectivity index is 1.80. The first-order chi connectivity index (χ1) is 17.1. The maximum Gasteiger partial charge on any atom is 0.416 e. The van der Waals surface area contributed by atoms with Gasteiger partial charge < -0.3 is 9.64 Å². The van der Waals surface area contributed by atoms with Gasteiger partial charge in [-0.25, -0.2) is 18.4 Å². The molecule has 1 aliphatic rings. The summed E-state index contributed by atoms with van der Waals surface area (Å²) >= 11 is 0. The number of hydrogen-bond donors (Lipinski definition) is 0. The van der Waals surface area contributed by atoms with Crippen LogP contribution in [0.5, 0.6) is 0 Å². The van der Waals surface area contributed by atoms with Gasteiger partial charge in [0.05, 0.1) is 24.1 Å². The van der Waals surface area contributed by atoms with Crippen LogP contribution in [0.2, 0.25) is 0 Å². The van der Waals surface area contributed by atoms with Crippen LogP contribution in [0.3, 0.4) is 0 Å². The summed E-state index contributed by atoms with van der Waals surface area (Å²) in [6.45, 7) is 1.49. The number of anilines is 1. The van der Waals surface area contributed by atoms with Crippen molar-refractivity contribution in [3.8, 4) is 11.4 Å². The Morgan fingerprint density at radius 2 is 1.67 bits per heavy atom. The molecule has 1 aliphatic heterocycles. The number of nitrogens with zero attached hydrogens (tertiary/aromatic N) is 4. The standard InChI is InChI=1S/C25H27F3N4O3S/c1-35-17-22-21(16-18-7-6-10-20(15-18)25(26,27)28)24(30-23(29-22)19-8-4-3-5-9-19)31-11-13-32(14-12-31)36(2,33)34/h3-10,15H,11-14,16-17H2,1-2H3. The molecule has 7 nitrogen and oxygen atoms in total. The first-order valence-corrected chi connectivity index (χ1v) is 13.2. The molecule has 0 saturated carbocycles. The van der Waals surface area contributed by atoms with Crippen molar-refractivity contribution in [3.05, 3.63) is 77.0 Å². The first kappa shape index (κ1) is 26.1. The van der Waals surface area contributed by atoms with Crippen molar-refractivity contribution in [2.24, 2.45) is 0 Å². The molecule has 2 aromatic carbocycles. The van der Waals surface area contributed by atoms with Crippen LogP contribution in [0.4, 0.5) is 19.0 Å². The number of halogens is 3. The highest BCUT2D eigenvalue weighted by Crippen LogP contribution is 2.32. The van der Waals surface area contributed by atoms with E-state index in [1.54, 1.807) is 6.07 Å². The maximum absolute atomic E-state index is 13.3. The zero-order valence-corrected chi connectivity index (χ0v) is 20.8. The van der Waals surface area contributed by atoms with Gasteiger partial charge in [0.15, 0.2) is 5.82 Å². The number of piperazine rings is 1. The van der Waals surface area contributed by atoms with E-state index in [1.165, 1.54) is 23.7 Å². The Morgan fingerprint density at radius 3 is 2.28 bits per heavy atom. The molecule has 1 fully saturated rings. The van der Waals surface area contributed by atoms with Crippen LogP contribution in [-0.2, 0) is 34.0 Å². The number of alkyl halides is 3. The Labute approximate surface area is 208 Å². The van der Waals surface area contributed by atoms with E-state index in [-0.39, 0.29) is 26.1 Å². The number of aromatic nitrogens is 2. The quantitative estimate of drug-likeness (QED) is 0.469. The van der Waals surface area contributed by atoms with E-state index in [0.29, 0.717) is 41.6 Å². The van der Waals surface area contributed by atoms with Gasteiger partial charge in [-0.3, -0.25) is 0 Å². The van der Waals surface area contributed by atoms with Gasteiger partial charge in [0.2, 0.25) is 10.0 Å². The van der Waals surface area contributed by atoms with Gasteiger partial charge in [0.1, 0.15) is 5.82 Å². The molecule has 3 aromatic rings. The summed E-state index contributed by atoms with van der Waals surface area (Å²) in [5, 5.41) is 0. The molecule has 0 bridgehead atoms. The van der Waals surface area contributed by atoms with E-state index < -0.39 is 21.8 Å². The fraction of sp³-hybridized carbons (Fsp3) is 0.360. The Hall–Kier alpha value is -3.02. The lowest BCUT2D eigenvalue weighted by molar-refractivity contribution is -0.137. The van der Waals surface area contributed by atoms with Gasteiger partial charge in [-0.1, -0.05) is 48.5 Å². The molecule has 0 amide bonds. The van der Waals surface area contributed by atoms with Crippen molar-refractivity contribution < 1.29 is 26.3 Å². The number of hydrogen-bond acceptors (Lipinski definition) is 6. The average Bonchev–Trinajstić information content (AvgIpc) is 2.85. The third-order valence-corrected chi connectivity index (χ3v) is 7.33. The molecular formula is C25H27F3N4O3S. The van der Waals surface area contributed by atoms with Gasteiger partial charge in [0, 0.05) is 50.8 Å². The van der Waals surface area contributed by atoms with E-state index in [4.69, 9.17) is 14.7 Å². The highest BCUT2D eigenvalue weighted by Gasteiger charge is 2.31. The minimum atomic E-state index is -4.45. The molecule has 0 aliphatic carbocycles. The van der Waals surface area contributed by atoms with Crippen LogP contribution in [0.25, 0.3) is 11.4 Å². The second kappa shape index (κ2) is 10.5. The summed E-state index contributed by atoms with van der Waals surface area (Å²) in [6, 6.07) is 14.6. The first-order valence-electron chi connectivity index (χ1n) is 11.4. The minimum Gasteiger partial charge on any atom is -0.378 e. The molecule has 0 N–H and O–H groups in total. The maximum atomic E-state index is 13.3. The van der Waals surface area contributed by atoms with Gasteiger partial charge in [-0.15, -0.1) is 0 Å². The summed E-state index contributed by atoms with van der Waals surface area (Å²) in [5.74, 6) is 1.04. The molecule has 1 saturated heterocycles. The predicted molar refractivity (Wildman–Crippen MR) is 131 cm³/mol. The molecule has 192 valence electrons. The predicted octanol–water partition coefficient (Wildman–Crippen LogP) is 3.98. The minimum absolute atomic E-state index is 0.146. The lowest BCUT2D eigenvalue weighted by Gasteiger charge is -2.35. The molecule has 0 unspecified atom stereocenters. The van der Waals surface area contributed by atoms with Crippen molar-refractivity contribution in [1.29, 1.82) is 0 Å². The fourth-order valence-electron chi connectivity index (χ4n) is 4.23. The second-order valence-corrected chi connectivity index (χ2v) is 10.6. The lowest BCUT2D eigenvalue weighted by atomic mass is 10.0. The van der Waals surface area contributed by atoms with Crippen molar-refractivity contribution in [1.82, 2.24) is 14.3 Å². The monoisotopic (exact) mass is 520 g/mol. The summed E-state index contributed by atoms with van der Waals surface area (Å²) < 4.78 is 70.8. The summed E-state index contributed by atoms with van der Waals surface area (Å²) in [6.07, 6.45) is -3.11. The molecule has 4 rings (SSSR count). The van der Waals surface area contributed by atoms with Crippen LogP contribution in [0, 0.1) is 0 Å². The SMILES string of the molecule is COCc1nc(-c2ccccc2)nc(N2CCN(S(C)(=O)=O)CC2)c1Cc1cccc(C(F)(F)F)c1. The largest absolute Gasteiger partial charge is 0.416 e. The highest BCUT2D eigenvalue weighted by atomic mass is 32.2. The van der Waals surface area contributed by atoms with Crippen LogP contribution in [0.15, 0.2) is 54.6 Å². The smallest absolute Gasteiger partial charge is 0.378 e. The van der Waals surface area contributed by atoms with Crippen molar-refractivity contribution in [3.63, 3.8) is 0 Å². The number of benzene rings is 2. The summed E-state index contributed by atoms with van der Waals surface area (Å²) in [7, 11) is -1.80. The Kier molecular flexibility index (Phi) is 7.62. The normalized spacial score (nSPS) is 15.3. The van der Waals surface area contributed by atoms with E-state index in [9.17, 15) is 21.6 Å². The zero-order chi connectivity index (χ0) is 25.9. The molecule has 36 heavy (non-hydrogen) atoms. The lowest BCUT2D eigenvalue weighted by Crippen LogP contribution is -2.49. The van der Waals surface area contributed by atoms with Crippen LogP contribution < -0.4 is 4.90 Å². The highest BCUT2D eigenvalue weighted by molar-refractivity contribution is 7.88. The van der Waals surface area contributed by atoms with Gasteiger partial charge in [-0.2, -0.15) is 17.5 Å². The summed E-state index contributed by atoms with van der Waals surface area (Å²) in [5.41, 5.74) is 1.76. The van der Waals surface area contributed by atoms with E-state index in [2.05, 4.69) is 0 Å². The third-order valence-electron chi connectivity index (χ3n) is 6.03. The molecule has 0 spiro atoms. The van der Waals surface area contributed by atoms with Gasteiger partial charge in [-0.05, 0) is 11.6 Å². The average molecular weight is 521 g/mol. The molecular weight excluding hydrogens is 493 g/mol. The van der Waals surface area contributed by atoms with Crippen LogP contribution >= 0.6 is 0 Å². The van der Waals surface area contributed by atoms with Crippen molar-refractivity contribution in [2.75, 3.05) is 44.4 Å². The van der Waals surface area contributed by atoms with Crippen molar-refractivity contribution >= 4 is 15.8 Å². The number of rotatable bonds is 7. The molecule has 1 aromatic heterocycles. The van der Waals surface area contributed by atoms with Gasteiger partial charge in [0.25, 0.3) is 0 Å². The van der Waals surface area contributed by atoms with E-state index in [1.807, 2.05) is 35.2 Å². The van der Waals surface area contributed by atoms with Gasteiger partial charge >= 0.3 is 6.18 Å². The number of sulfonamides is 1. The third kappa shape index (κ3) is 6.03. The van der Waals surface area contributed by atoms with Crippen LogP contribution in [0.1, 0.15) is 22.4 Å². The van der Waals surface area contributed by atoms with E-state index in [0.717, 1.165) is 17.7 Å². The molecule has 0 radical (unpaired) electrons. The molecule has 2 heterocycles. The number of methoxy groups -OCH3 is 1. The zero-order valence-electron chi connectivity index (χ0n) is 20.0. The van der Waals surface area contributed by atoms with Crippen molar-refractivity contribution in [2.45, 2.75) is 19.2 Å². The fourth-order valence-corrected chi connectivity index (χ4v) is 5.05.